The first-order valence-corrected chi connectivity index (χ1v) is 8.14. The van der Waals surface area contributed by atoms with Crippen molar-refractivity contribution in [2.24, 2.45) is 0 Å². The van der Waals surface area contributed by atoms with Crippen LogP contribution in [0.1, 0.15) is 50.7 Å². The van der Waals surface area contributed by atoms with Gasteiger partial charge in [0, 0.05) is 0 Å². The molecule has 0 heterocycles. The first-order valence-electron chi connectivity index (χ1n) is 6.73. The van der Waals surface area contributed by atoms with Gasteiger partial charge in [0.2, 0.25) is 0 Å². The molecule has 0 unspecified atom stereocenters. The zero-order chi connectivity index (χ0) is 15.1. The van der Waals surface area contributed by atoms with Crippen LogP contribution in [0.15, 0.2) is 35.2 Å². The van der Waals surface area contributed by atoms with Crippen molar-refractivity contribution in [2.75, 3.05) is 0 Å². The van der Waals surface area contributed by atoms with Gasteiger partial charge in [0.1, 0.15) is 10.1 Å². The fourth-order valence-electron chi connectivity index (χ4n) is 2.37. The number of hydrogen-bond acceptors (Lipinski definition) is 3. The van der Waals surface area contributed by atoms with Crippen molar-refractivity contribution in [1.29, 1.82) is 0 Å². The minimum absolute atomic E-state index is 0. The van der Waals surface area contributed by atoms with Crippen LogP contribution in [0.4, 0.5) is 0 Å². The number of rotatable bonds is 3. The molecule has 0 saturated carbocycles. The Hall–Kier alpha value is -0.390. The van der Waals surface area contributed by atoms with Crippen LogP contribution >= 0.6 is 0 Å². The van der Waals surface area contributed by atoms with Crippen molar-refractivity contribution in [1.82, 2.24) is 0 Å². The van der Waals surface area contributed by atoms with Crippen LogP contribution in [-0.2, 0) is 10.1 Å². The predicted molar refractivity (Wildman–Crippen MR) is 80.1 cm³/mol. The third kappa shape index (κ3) is 4.08. The maximum Gasteiger partial charge on any atom is 1.00 e. The Morgan fingerprint density at radius 2 is 1.57 bits per heavy atom. The zero-order valence-electron chi connectivity index (χ0n) is 13.2. The molecule has 108 valence electrons. The molecular weight excluding hydrogens is 295 g/mol. The Kier molecular flexibility index (Phi) is 6.04. The van der Waals surface area contributed by atoms with E-state index >= 15 is 0 Å². The Morgan fingerprint density at radius 1 is 0.952 bits per heavy atom. The Bertz CT molecular complexity index is 749. The van der Waals surface area contributed by atoms with Gasteiger partial charge in [-0.15, -0.1) is 0 Å². The summed E-state index contributed by atoms with van der Waals surface area (Å²) in [5, 5.41) is 1.83. The predicted octanol–water partition coefficient (Wildman–Crippen LogP) is 0.995. The third-order valence-electron chi connectivity index (χ3n) is 3.56. The van der Waals surface area contributed by atoms with Gasteiger partial charge in [-0.05, 0) is 45.9 Å². The molecule has 0 aliphatic heterocycles. The van der Waals surface area contributed by atoms with Crippen molar-refractivity contribution in [3.8, 4) is 0 Å². The third-order valence-corrected chi connectivity index (χ3v) is 4.39. The normalized spacial score (nSPS) is 12.0. The molecule has 0 spiro atoms. The van der Waals surface area contributed by atoms with Crippen molar-refractivity contribution in [3.63, 3.8) is 0 Å². The van der Waals surface area contributed by atoms with Gasteiger partial charge in [0.15, 0.2) is 0 Å². The molecule has 5 heteroatoms. The molecule has 0 aromatic heterocycles. The molecule has 0 saturated heterocycles. The smallest absolute Gasteiger partial charge is 0.744 e. The molecule has 2 rings (SSSR count). The van der Waals surface area contributed by atoms with Gasteiger partial charge in [0.25, 0.3) is 0 Å². The maximum absolute atomic E-state index is 11.2. The average molecular weight is 314 g/mol. The largest absolute Gasteiger partial charge is 1.00 e. The minimum Gasteiger partial charge on any atom is -0.744 e. The van der Waals surface area contributed by atoms with E-state index in [0.29, 0.717) is 11.8 Å². The van der Waals surface area contributed by atoms with Crippen molar-refractivity contribution in [3.05, 3.63) is 41.5 Å². The zero-order valence-corrected chi connectivity index (χ0v) is 16.0. The second-order valence-electron chi connectivity index (χ2n) is 5.76. The first kappa shape index (κ1) is 18.7. The van der Waals surface area contributed by atoms with Crippen molar-refractivity contribution < 1.29 is 42.5 Å². The van der Waals surface area contributed by atoms with Gasteiger partial charge in [0.05, 0.1) is 4.90 Å². The van der Waals surface area contributed by atoms with Gasteiger partial charge in [-0.3, -0.25) is 0 Å². The summed E-state index contributed by atoms with van der Waals surface area (Å²) < 4.78 is 33.5. The fraction of sp³-hybridized carbons (Fsp3) is 0.375. The molecule has 0 radical (unpaired) electrons. The summed E-state index contributed by atoms with van der Waals surface area (Å²) in [4.78, 5) is -0.166. The van der Waals surface area contributed by atoms with Crippen LogP contribution in [0.25, 0.3) is 10.8 Å². The topological polar surface area (TPSA) is 57.2 Å². The van der Waals surface area contributed by atoms with E-state index in [1.54, 1.807) is 6.07 Å². The number of benzene rings is 2. The van der Waals surface area contributed by atoms with Crippen LogP contribution in [0.5, 0.6) is 0 Å². The van der Waals surface area contributed by atoms with E-state index in [9.17, 15) is 13.0 Å². The van der Waals surface area contributed by atoms with Gasteiger partial charge < -0.3 is 4.55 Å². The van der Waals surface area contributed by atoms with Gasteiger partial charge in [-0.1, -0.05) is 45.9 Å². The summed E-state index contributed by atoms with van der Waals surface area (Å²) in [6.07, 6.45) is 0. The molecule has 0 atom stereocenters. The fourth-order valence-corrected chi connectivity index (χ4v) is 2.87. The summed E-state index contributed by atoms with van der Waals surface area (Å²) in [5.74, 6) is 0.690. The van der Waals surface area contributed by atoms with E-state index in [1.165, 1.54) is 17.7 Å². The van der Waals surface area contributed by atoms with E-state index in [1.807, 2.05) is 6.07 Å². The van der Waals surface area contributed by atoms with E-state index in [4.69, 9.17) is 0 Å². The maximum atomic E-state index is 11.2. The SMILES string of the molecule is CC(C)c1cc(C(C)C)c2ccc(S(=O)(=O)[O-])cc2c1.[Na+]. The standard InChI is InChI=1S/C16H20O3S.Na/c1-10(2)12-7-13-8-14(20(17,18)19)5-6-15(13)16(9-12)11(3)4;/h5-11H,1-4H3,(H,17,18,19);/q;+1/p-1. The number of fused-ring (bicyclic) bond motifs is 1. The monoisotopic (exact) mass is 314 g/mol. The Labute approximate surface area is 148 Å². The van der Waals surface area contributed by atoms with Crippen LogP contribution in [-0.4, -0.2) is 13.0 Å². The van der Waals surface area contributed by atoms with E-state index in [0.717, 1.165) is 16.3 Å². The quantitative estimate of drug-likeness (QED) is 0.627. The molecule has 0 aliphatic rings. The average Bonchev–Trinajstić information content (AvgIpc) is 2.35. The molecule has 3 nitrogen and oxygen atoms in total. The van der Waals surface area contributed by atoms with Gasteiger partial charge in [-0.25, -0.2) is 8.42 Å². The molecule has 2 aromatic rings. The number of hydrogen-bond donors (Lipinski definition) is 0. The molecule has 0 aliphatic carbocycles. The molecule has 21 heavy (non-hydrogen) atoms. The summed E-state index contributed by atoms with van der Waals surface area (Å²) in [5.41, 5.74) is 2.34. The van der Waals surface area contributed by atoms with E-state index in [2.05, 4.69) is 33.8 Å². The van der Waals surface area contributed by atoms with Gasteiger partial charge >= 0.3 is 29.6 Å². The molecule has 2 aromatic carbocycles. The minimum atomic E-state index is -4.41. The van der Waals surface area contributed by atoms with Crippen LogP contribution in [0.2, 0.25) is 0 Å². The summed E-state index contributed by atoms with van der Waals surface area (Å²) >= 11 is 0. The second kappa shape index (κ2) is 6.80. The summed E-state index contributed by atoms with van der Waals surface area (Å²) in [7, 11) is -4.41. The first-order chi connectivity index (χ1) is 9.20. The summed E-state index contributed by atoms with van der Waals surface area (Å²) in [6, 6.07) is 8.75. The van der Waals surface area contributed by atoms with E-state index < -0.39 is 10.1 Å². The molecule has 0 amide bonds. The van der Waals surface area contributed by atoms with Crippen LogP contribution in [0.3, 0.4) is 0 Å². The van der Waals surface area contributed by atoms with Crippen LogP contribution in [0, 0.1) is 0 Å². The molecule has 0 fully saturated rings. The van der Waals surface area contributed by atoms with Crippen molar-refractivity contribution in [2.45, 2.75) is 44.4 Å². The van der Waals surface area contributed by atoms with Crippen molar-refractivity contribution >= 4 is 20.9 Å². The molecule has 0 N–H and O–H groups in total. The summed E-state index contributed by atoms with van der Waals surface area (Å²) in [6.45, 7) is 8.41. The van der Waals surface area contributed by atoms with E-state index in [-0.39, 0.29) is 34.5 Å². The molecular formula is C16H19NaO3S. The van der Waals surface area contributed by atoms with Crippen LogP contribution < -0.4 is 29.6 Å². The van der Waals surface area contributed by atoms with Gasteiger partial charge in [-0.2, -0.15) is 0 Å². The molecule has 0 bridgehead atoms. The Morgan fingerprint density at radius 3 is 2.05 bits per heavy atom. The Balaban J connectivity index is 0.00000220. The second-order valence-corrected chi connectivity index (χ2v) is 7.14.